The molecule has 186 valence electrons. The number of rotatable bonds is 8. The molecule has 1 aromatic heterocycles. The maximum Gasteiger partial charge on any atom is 0.247 e. The van der Waals surface area contributed by atoms with Crippen LogP contribution in [0.3, 0.4) is 0 Å². The third-order valence-electron chi connectivity index (χ3n) is 6.17. The Labute approximate surface area is 202 Å². The molecule has 3 heterocycles. The molecule has 2 aliphatic rings. The van der Waals surface area contributed by atoms with Gasteiger partial charge in [-0.05, 0) is 52.2 Å². The molecule has 0 unspecified atom stereocenters. The molecule has 34 heavy (non-hydrogen) atoms. The van der Waals surface area contributed by atoms with Crippen molar-refractivity contribution in [1.82, 2.24) is 14.3 Å². The summed E-state index contributed by atoms with van der Waals surface area (Å²) in [6, 6.07) is 7.00. The van der Waals surface area contributed by atoms with Gasteiger partial charge in [-0.2, -0.15) is 9.29 Å². The van der Waals surface area contributed by atoms with Crippen molar-refractivity contribution in [2.45, 2.75) is 44.9 Å². The number of anilines is 2. The van der Waals surface area contributed by atoms with Crippen molar-refractivity contribution >= 4 is 21.8 Å². The predicted octanol–water partition coefficient (Wildman–Crippen LogP) is 3.08. The summed E-state index contributed by atoms with van der Waals surface area (Å²) in [7, 11) is -3.74. The average molecular weight is 490 g/mol. The van der Waals surface area contributed by atoms with Crippen LogP contribution in [0.15, 0.2) is 29.2 Å². The highest BCUT2D eigenvalue weighted by molar-refractivity contribution is 7.89. The van der Waals surface area contributed by atoms with E-state index in [-0.39, 0.29) is 4.90 Å². The van der Waals surface area contributed by atoms with E-state index < -0.39 is 10.0 Å². The zero-order valence-corrected chi connectivity index (χ0v) is 21.2. The van der Waals surface area contributed by atoms with Crippen LogP contribution in [0.2, 0.25) is 0 Å². The molecule has 2 saturated heterocycles. The Kier molecular flexibility index (Phi) is 7.77. The molecule has 0 spiro atoms. The fourth-order valence-corrected chi connectivity index (χ4v) is 6.02. The largest absolute Gasteiger partial charge is 0.494 e. The lowest BCUT2D eigenvalue weighted by Gasteiger charge is -2.35. The van der Waals surface area contributed by atoms with Gasteiger partial charge in [0.05, 0.1) is 13.2 Å². The summed E-state index contributed by atoms with van der Waals surface area (Å²) in [6.45, 7) is 10.3. The second kappa shape index (κ2) is 10.8. The zero-order chi connectivity index (χ0) is 24.1. The number of nitrogens with zero attached hydrogens (tertiary/aromatic N) is 5. The number of piperazine rings is 1. The Hall–Kier alpha value is -2.59. The first-order valence-electron chi connectivity index (χ1n) is 12.2. The van der Waals surface area contributed by atoms with Gasteiger partial charge in [0.2, 0.25) is 16.0 Å². The van der Waals surface area contributed by atoms with Gasteiger partial charge >= 0.3 is 0 Å². The fourth-order valence-electron chi connectivity index (χ4n) is 4.45. The predicted molar refractivity (Wildman–Crippen MR) is 133 cm³/mol. The Morgan fingerprint density at radius 1 is 0.853 bits per heavy atom. The molecule has 2 aromatic rings. The summed E-state index contributed by atoms with van der Waals surface area (Å²) in [6.07, 6.45) is 3.63. The van der Waals surface area contributed by atoms with Gasteiger partial charge in [-0.3, -0.25) is 0 Å². The minimum Gasteiger partial charge on any atom is -0.494 e. The number of aromatic nitrogens is 2. The quantitative estimate of drug-likeness (QED) is 0.559. The highest BCUT2D eigenvalue weighted by Crippen LogP contribution is 2.32. The first-order valence-corrected chi connectivity index (χ1v) is 13.6. The second-order valence-corrected chi connectivity index (χ2v) is 10.5. The van der Waals surface area contributed by atoms with Gasteiger partial charge < -0.3 is 19.3 Å². The lowest BCUT2D eigenvalue weighted by molar-refractivity contribution is 0.319. The van der Waals surface area contributed by atoms with Crippen LogP contribution in [0.5, 0.6) is 11.5 Å². The summed E-state index contributed by atoms with van der Waals surface area (Å²) in [5.41, 5.74) is 0.926. The van der Waals surface area contributed by atoms with E-state index >= 15 is 0 Å². The molecule has 0 N–H and O–H groups in total. The van der Waals surface area contributed by atoms with Crippen molar-refractivity contribution in [3.63, 3.8) is 0 Å². The van der Waals surface area contributed by atoms with Crippen molar-refractivity contribution < 1.29 is 17.9 Å². The maximum absolute atomic E-state index is 13.5. The van der Waals surface area contributed by atoms with Crippen LogP contribution in [0.25, 0.3) is 0 Å². The van der Waals surface area contributed by atoms with E-state index in [2.05, 4.69) is 14.8 Å². The number of ether oxygens (including phenoxy) is 2. The third-order valence-corrected chi connectivity index (χ3v) is 8.09. The molecule has 0 amide bonds. The van der Waals surface area contributed by atoms with Gasteiger partial charge in [0.15, 0.2) is 0 Å². The van der Waals surface area contributed by atoms with Crippen molar-refractivity contribution in [3.8, 4) is 11.5 Å². The summed E-state index contributed by atoms with van der Waals surface area (Å²) in [5.74, 6) is 2.50. The first-order chi connectivity index (χ1) is 16.4. The number of hydrogen-bond donors (Lipinski definition) is 0. The van der Waals surface area contributed by atoms with Crippen LogP contribution in [-0.2, 0) is 10.0 Å². The minimum atomic E-state index is -3.74. The van der Waals surface area contributed by atoms with Crippen molar-refractivity contribution in [1.29, 1.82) is 0 Å². The van der Waals surface area contributed by atoms with Crippen LogP contribution >= 0.6 is 0 Å². The van der Waals surface area contributed by atoms with Crippen LogP contribution in [0, 0.1) is 6.92 Å². The molecule has 2 fully saturated rings. The van der Waals surface area contributed by atoms with E-state index in [0.717, 1.165) is 24.6 Å². The van der Waals surface area contributed by atoms with Crippen LogP contribution < -0.4 is 19.3 Å². The molecule has 0 saturated carbocycles. The normalized spacial score (nSPS) is 17.6. The van der Waals surface area contributed by atoms with Crippen LogP contribution in [0.4, 0.5) is 11.8 Å². The van der Waals surface area contributed by atoms with Crippen LogP contribution in [0.1, 0.15) is 38.8 Å². The van der Waals surface area contributed by atoms with E-state index in [0.29, 0.717) is 56.8 Å². The average Bonchev–Trinajstić information content (AvgIpc) is 2.85. The lowest BCUT2D eigenvalue weighted by Crippen LogP contribution is -2.49. The fraction of sp³-hybridized carbons (Fsp3) is 0.583. The molecule has 4 rings (SSSR count). The van der Waals surface area contributed by atoms with Gasteiger partial charge in [-0.15, -0.1) is 0 Å². The van der Waals surface area contributed by atoms with Crippen molar-refractivity contribution in [2.75, 3.05) is 62.3 Å². The molecule has 10 heteroatoms. The standard InChI is InChI=1S/C24H35N5O4S/c1-4-32-20-9-10-21(33-5-2)22(18-20)34(30,31)29-15-13-28(14-16-29)24-25-19(3)17-23(26-24)27-11-7-6-8-12-27/h9-10,17-18H,4-8,11-16H2,1-3H3. The number of sulfonamides is 1. The smallest absolute Gasteiger partial charge is 0.247 e. The van der Waals surface area contributed by atoms with Crippen molar-refractivity contribution in [2.24, 2.45) is 0 Å². The lowest BCUT2D eigenvalue weighted by atomic mass is 10.1. The minimum absolute atomic E-state index is 0.146. The van der Waals surface area contributed by atoms with E-state index in [4.69, 9.17) is 14.5 Å². The third kappa shape index (κ3) is 5.38. The van der Waals surface area contributed by atoms with Gasteiger partial charge in [-0.25, -0.2) is 13.4 Å². The summed E-state index contributed by atoms with van der Waals surface area (Å²) in [4.78, 5) is 14.0. The van der Waals surface area contributed by atoms with E-state index in [9.17, 15) is 8.42 Å². The first kappa shape index (κ1) is 24.5. The van der Waals surface area contributed by atoms with Crippen LogP contribution in [-0.4, -0.2) is 75.2 Å². The van der Waals surface area contributed by atoms with Gasteiger partial charge in [0.25, 0.3) is 0 Å². The molecule has 0 bridgehead atoms. The number of hydrogen-bond acceptors (Lipinski definition) is 8. The molecular formula is C24H35N5O4S. The Morgan fingerprint density at radius 3 is 2.24 bits per heavy atom. The molecule has 0 atom stereocenters. The highest BCUT2D eigenvalue weighted by Gasteiger charge is 2.32. The Balaban J connectivity index is 1.50. The second-order valence-electron chi connectivity index (χ2n) is 8.58. The highest BCUT2D eigenvalue weighted by atomic mass is 32.2. The van der Waals surface area contributed by atoms with Crippen molar-refractivity contribution in [3.05, 3.63) is 30.0 Å². The monoisotopic (exact) mass is 489 g/mol. The Morgan fingerprint density at radius 2 is 1.56 bits per heavy atom. The zero-order valence-electron chi connectivity index (χ0n) is 20.4. The van der Waals surface area contributed by atoms with E-state index in [1.165, 1.54) is 23.6 Å². The molecule has 0 aliphatic carbocycles. The molecule has 9 nitrogen and oxygen atoms in total. The maximum atomic E-state index is 13.5. The molecule has 0 radical (unpaired) electrons. The Bertz CT molecular complexity index is 1080. The summed E-state index contributed by atoms with van der Waals surface area (Å²) < 4.78 is 39.7. The number of aryl methyl sites for hydroxylation is 1. The molecule has 1 aromatic carbocycles. The summed E-state index contributed by atoms with van der Waals surface area (Å²) in [5, 5.41) is 0. The molecular weight excluding hydrogens is 454 g/mol. The van der Waals surface area contributed by atoms with Gasteiger partial charge in [0, 0.05) is 57.1 Å². The topological polar surface area (TPSA) is 88.1 Å². The number of piperidine rings is 1. The summed E-state index contributed by atoms with van der Waals surface area (Å²) >= 11 is 0. The molecule has 2 aliphatic heterocycles. The van der Waals surface area contributed by atoms with Gasteiger partial charge in [-0.1, -0.05) is 0 Å². The van der Waals surface area contributed by atoms with Gasteiger partial charge in [0.1, 0.15) is 22.2 Å². The van der Waals surface area contributed by atoms with E-state index in [1.54, 1.807) is 18.2 Å². The number of benzene rings is 1. The van der Waals surface area contributed by atoms with E-state index in [1.807, 2.05) is 26.8 Å². The SMILES string of the molecule is CCOc1ccc(OCC)c(S(=O)(=O)N2CCN(c3nc(C)cc(N4CCCCC4)n3)CC2)c1.